The summed E-state index contributed by atoms with van der Waals surface area (Å²) in [5.41, 5.74) is 11.2. The van der Waals surface area contributed by atoms with Gasteiger partial charge in [-0.15, -0.1) is 0 Å². The molecule has 0 spiro atoms. The minimum atomic E-state index is 0.442. The van der Waals surface area contributed by atoms with Crippen LogP contribution in [0, 0.1) is 6.92 Å². The van der Waals surface area contributed by atoms with E-state index >= 15 is 0 Å². The number of hydrogen-bond donors (Lipinski definition) is 3. The van der Waals surface area contributed by atoms with Crippen molar-refractivity contribution >= 4 is 11.5 Å². The normalized spacial score (nSPS) is 12.1. The molecule has 0 aliphatic rings. The van der Waals surface area contributed by atoms with Crippen LogP contribution in [-0.2, 0) is 7.05 Å². The predicted octanol–water partition coefficient (Wildman–Crippen LogP) is 2.96. The van der Waals surface area contributed by atoms with Crippen LogP contribution in [-0.4, -0.2) is 39.4 Å². The third-order valence-electron chi connectivity index (χ3n) is 4.76. The maximum atomic E-state index is 6.01. The van der Waals surface area contributed by atoms with E-state index in [-0.39, 0.29) is 0 Å². The fraction of sp³-hybridized carbons (Fsp3) is 0.381. The molecule has 148 valence electrons. The molecule has 0 aliphatic heterocycles. The lowest BCUT2D eigenvalue weighted by Crippen LogP contribution is -2.23. The molecule has 0 bridgehead atoms. The summed E-state index contributed by atoms with van der Waals surface area (Å²) < 4.78 is 1.78. The highest BCUT2D eigenvalue weighted by atomic mass is 15.2. The van der Waals surface area contributed by atoms with Crippen molar-refractivity contribution in [1.29, 1.82) is 0 Å². The van der Waals surface area contributed by atoms with E-state index in [9.17, 15) is 0 Å². The monoisotopic (exact) mass is 379 g/mol. The standard InChI is InChI=1S/C21H29N7/c1-15(17-6-5-16(2)25-11-17)10-23-7-4-8-24-20-9-18(12-26-21(20)22)19-13-27-28(3)14-19/h5-6,9,11-15,23-24H,4,7-8,10H2,1-3H3,(H2,22,26). The number of nitrogens with two attached hydrogens (primary N) is 1. The number of nitrogen functional groups attached to an aromatic ring is 1. The van der Waals surface area contributed by atoms with Gasteiger partial charge in [0.25, 0.3) is 0 Å². The first-order chi connectivity index (χ1) is 13.5. The van der Waals surface area contributed by atoms with Crippen molar-refractivity contribution in [2.24, 2.45) is 7.05 Å². The Balaban J connectivity index is 1.42. The first kappa shape index (κ1) is 19.8. The van der Waals surface area contributed by atoms with E-state index in [2.05, 4.69) is 44.8 Å². The van der Waals surface area contributed by atoms with Gasteiger partial charge in [0.2, 0.25) is 0 Å². The summed E-state index contributed by atoms with van der Waals surface area (Å²) in [4.78, 5) is 8.67. The zero-order valence-corrected chi connectivity index (χ0v) is 16.8. The first-order valence-electron chi connectivity index (χ1n) is 9.64. The molecule has 7 nitrogen and oxygen atoms in total. The Morgan fingerprint density at radius 3 is 2.68 bits per heavy atom. The molecule has 3 aromatic heterocycles. The van der Waals surface area contributed by atoms with E-state index in [1.54, 1.807) is 10.9 Å². The van der Waals surface area contributed by atoms with Crippen LogP contribution < -0.4 is 16.4 Å². The second-order valence-corrected chi connectivity index (χ2v) is 7.18. The molecule has 7 heteroatoms. The van der Waals surface area contributed by atoms with E-state index in [1.807, 2.05) is 38.6 Å². The van der Waals surface area contributed by atoms with E-state index in [4.69, 9.17) is 5.73 Å². The average Bonchev–Trinajstić information content (AvgIpc) is 3.12. The van der Waals surface area contributed by atoms with Crippen molar-refractivity contribution in [2.75, 3.05) is 30.7 Å². The molecule has 0 aliphatic carbocycles. The summed E-state index contributed by atoms with van der Waals surface area (Å²) in [6.07, 6.45) is 8.53. The second-order valence-electron chi connectivity index (χ2n) is 7.18. The van der Waals surface area contributed by atoms with Gasteiger partial charge in [-0.1, -0.05) is 13.0 Å². The Hall–Kier alpha value is -2.93. The summed E-state index contributed by atoms with van der Waals surface area (Å²) in [6.45, 7) is 6.93. The minimum Gasteiger partial charge on any atom is -0.382 e. The highest BCUT2D eigenvalue weighted by Crippen LogP contribution is 2.24. The number of pyridine rings is 2. The van der Waals surface area contributed by atoms with Crippen LogP contribution >= 0.6 is 0 Å². The minimum absolute atomic E-state index is 0.442. The van der Waals surface area contributed by atoms with Crippen molar-refractivity contribution in [3.05, 3.63) is 54.2 Å². The first-order valence-corrected chi connectivity index (χ1v) is 9.64. The van der Waals surface area contributed by atoms with Crippen molar-refractivity contribution in [3.63, 3.8) is 0 Å². The lowest BCUT2D eigenvalue weighted by molar-refractivity contribution is 0.602. The van der Waals surface area contributed by atoms with Gasteiger partial charge >= 0.3 is 0 Å². The number of nitrogens with one attached hydrogen (secondary N) is 2. The summed E-state index contributed by atoms with van der Waals surface area (Å²) >= 11 is 0. The molecule has 3 rings (SSSR count). The van der Waals surface area contributed by atoms with Crippen LogP contribution in [0.1, 0.15) is 30.5 Å². The number of nitrogens with zero attached hydrogens (tertiary/aromatic N) is 4. The zero-order chi connectivity index (χ0) is 19.9. The molecule has 0 saturated carbocycles. The SMILES string of the molecule is Cc1ccc(C(C)CNCCCNc2cc(-c3cnn(C)c3)cnc2N)cn1. The molecule has 0 amide bonds. The molecule has 28 heavy (non-hydrogen) atoms. The van der Waals surface area contributed by atoms with Crippen LogP contribution in [0.25, 0.3) is 11.1 Å². The van der Waals surface area contributed by atoms with Gasteiger partial charge in [0.05, 0.1) is 11.9 Å². The molecule has 0 saturated heterocycles. The smallest absolute Gasteiger partial charge is 0.146 e. The Bertz CT molecular complexity index is 886. The maximum Gasteiger partial charge on any atom is 0.146 e. The van der Waals surface area contributed by atoms with Crippen LogP contribution in [0.5, 0.6) is 0 Å². The number of anilines is 2. The quantitative estimate of drug-likeness (QED) is 0.495. The Labute approximate surface area is 166 Å². The fourth-order valence-corrected chi connectivity index (χ4v) is 2.99. The van der Waals surface area contributed by atoms with E-state index in [1.165, 1.54) is 5.56 Å². The van der Waals surface area contributed by atoms with Crippen LogP contribution in [0.4, 0.5) is 11.5 Å². The van der Waals surface area contributed by atoms with Crippen LogP contribution in [0.2, 0.25) is 0 Å². The topological polar surface area (TPSA) is 93.7 Å². The molecular formula is C21H29N7. The molecule has 4 N–H and O–H groups in total. The van der Waals surface area contributed by atoms with Crippen LogP contribution in [0.3, 0.4) is 0 Å². The second kappa shape index (κ2) is 9.32. The Kier molecular flexibility index (Phi) is 6.60. The number of rotatable bonds is 9. The van der Waals surface area contributed by atoms with Crippen molar-refractivity contribution in [1.82, 2.24) is 25.1 Å². The number of hydrogen-bond acceptors (Lipinski definition) is 6. The average molecular weight is 380 g/mol. The summed E-state index contributed by atoms with van der Waals surface area (Å²) in [7, 11) is 1.90. The lowest BCUT2D eigenvalue weighted by atomic mass is 10.0. The third-order valence-corrected chi connectivity index (χ3v) is 4.76. The van der Waals surface area contributed by atoms with Gasteiger partial charge in [0.15, 0.2) is 0 Å². The molecule has 3 heterocycles. The van der Waals surface area contributed by atoms with Gasteiger partial charge in [-0.2, -0.15) is 5.10 Å². The van der Waals surface area contributed by atoms with Crippen LogP contribution in [0.15, 0.2) is 43.0 Å². The molecule has 0 aromatic carbocycles. The molecule has 3 aromatic rings. The maximum absolute atomic E-state index is 6.01. The van der Waals surface area contributed by atoms with Gasteiger partial charge in [-0.25, -0.2) is 4.98 Å². The summed E-state index contributed by atoms with van der Waals surface area (Å²) in [5, 5.41) is 11.1. The molecule has 0 radical (unpaired) electrons. The number of aryl methyl sites for hydroxylation is 2. The van der Waals surface area contributed by atoms with Gasteiger partial charge in [0.1, 0.15) is 5.82 Å². The van der Waals surface area contributed by atoms with E-state index in [0.29, 0.717) is 11.7 Å². The predicted molar refractivity (Wildman–Crippen MR) is 114 cm³/mol. The number of aromatic nitrogens is 4. The molecular weight excluding hydrogens is 350 g/mol. The zero-order valence-electron chi connectivity index (χ0n) is 16.8. The molecule has 1 atom stereocenters. The fourth-order valence-electron chi connectivity index (χ4n) is 2.99. The van der Waals surface area contributed by atoms with Gasteiger partial charge < -0.3 is 16.4 Å². The Morgan fingerprint density at radius 2 is 1.96 bits per heavy atom. The highest BCUT2D eigenvalue weighted by molar-refractivity contribution is 5.72. The van der Waals surface area contributed by atoms with Crippen molar-refractivity contribution in [2.45, 2.75) is 26.2 Å². The molecule has 0 fully saturated rings. The lowest BCUT2D eigenvalue weighted by Gasteiger charge is -2.14. The van der Waals surface area contributed by atoms with Gasteiger partial charge in [-0.3, -0.25) is 9.67 Å². The van der Waals surface area contributed by atoms with Gasteiger partial charge in [0, 0.05) is 55.5 Å². The Morgan fingerprint density at radius 1 is 1.11 bits per heavy atom. The highest BCUT2D eigenvalue weighted by Gasteiger charge is 2.07. The summed E-state index contributed by atoms with van der Waals surface area (Å²) in [6, 6.07) is 6.24. The molecule has 1 unspecified atom stereocenters. The largest absolute Gasteiger partial charge is 0.382 e. The van der Waals surface area contributed by atoms with Crippen molar-refractivity contribution < 1.29 is 0 Å². The summed E-state index contributed by atoms with van der Waals surface area (Å²) in [5.74, 6) is 0.957. The van der Waals surface area contributed by atoms with E-state index < -0.39 is 0 Å². The third kappa shape index (κ3) is 5.29. The van der Waals surface area contributed by atoms with Crippen molar-refractivity contribution in [3.8, 4) is 11.1 Å². The van der Waals surface area contributed by atoms with Gasteiger partial charge in [-0.05, 0) is 43.5 Å². The van der Waals surface area contributed by atoms with E-state index in [0.717, 1.165) is 48.6 Å².